The summed E-state index contributed by atoms with van der Waals surface area (Å²) in [5, 5.41) is 5.98. The molecule has 0 aromatic heterocycles. The lowest BCUT2D eigenvalue weighted by atomic mass is 10.2. The van der Waals surface area contributed by atoms with Crippen LogP contribution in [0.3, 0.4) is 0 Å². The Morgan fingerprint density at radius 2 is 1.73 bits per heavy atom. The molecule has 0 radical (unpaired) electrons. The van der Waals surface area contributed by atoms with E-state index in [0.717, 1.165) is 0 Å². The van der Waals surface area contributed by atoms with Crippen LogP contribution >= 0.6 is 0 Å². The second kappa shape index (κ2) is 7.17. The molecule has 1 rings (SSSR count). The van der Waals surface area contributed by atoms with E-state index in [0.29, 0.717) is 26.2 Å². The second-order valence-corrected chi connectivity index (χ2v) is 7.46. The van der Waals surface area contributed by atoms with E-state index in [9.17, 15) is 9.59 Å². The van der Waals surface area contributed by atoms with Crippen LogP contribution in [0, 0.1) is 0 Å². The maximum Gasteiger partial charge on any atom is 0.410 e. The quantitative estimate of drug-likeness (QED) is 0.811. The SMILES string of the molecule is CC(C)(C)OC(=O)NCC1CN(C(=O)OC(C)(C)C)CCN1. The van der Waals surface area contributed by atoms with Crippen molar-refractivity contribution < 1.29 is 19.1 Å². The molecule has 2 N–H and O–H groups in total. The molecule has 7 nitrogen and oxygen atoms in total. The second-order valence-electron chi connectivity index (χ2n) is 7.46. The fraction of sp³-hybridized carbons (Fsp3) is 0.867. The Morgan fingerprint density at radius 3 is 2.27 bits per heavy atom. The molecule has 1 unspecified atom stereocenters. The normalized spacial score (nSPS) is 19.5. The minimum atomic E-state index is -0.521. The van der Waals surface area contributed by atoms with Gasteiger partial charge in [-0.3, -0.25) is 0 Å². The fourth-order valence-electron chi connectivity index (χ4n) is 1.98. The van der Waals surface area contributed by atoms with Gasteiger partial charge in [0.05, 0.1) is 0 Å². The standard InChI is InChI=1S/C15H29N3O4/c1-14(2,3)21-12(19)17-9-11-10-18(8-7-16-11)13(20)22-15(4,5)6/h11,16H,7-10H2,1-6H3,(H,17,19). The van der Waals surface area contributed by atoms with Crippen LogP contribution in [0.1, 0.15) is 41.5 Å². The molecule has 0 aromatic carbocycles. The first-order valence-electron chi connectivity index (χ1n) is 7.64. The predicted octanol–water partition coefficient (Wildman–Crippen LogP) is 1.72. The molecule has 128 valence electrons. The van der Waals surface area contributed by atoms with E-state index in [1.54, 1.807) is 4.90 Å². The molecular formula is C15H29N3O4. The molecule has 1 fully saturated rings. The van der Waals surface area contributed by atoms with Gasteiger partial charge in [-0.25, -0.2) is 9.59 Å². The van der Waals surface area contributed by atoms with Gasteiger partial charge < -0.3 is 25.0 Å². The van der Waals surface area contributed by atoms with Gasteiger partial charge in [0.15, 0.2) is 0 Å². The molecule has 7 heteroatoms. The van der Waals surface area contributed by atoms with Gasteiger partial charge in [0, 0.05) is 32.2 Å². The Bertz CT molecular complexity index is 399. The molecule has 0 aromatic rings. The van der Waals surface area contributed by atoms with Gasteiger partial charge in [-0.05, 0) is 41.5 Å². The zero-order valence-electron chi connectivity index (χ0n) is 14.5. The summed E-state index contributed by atoms with van der Waals surface area (Å²) in [6.45, 7) is 13.1. The van der Waals surface area contributed by atoms with Gasteiger partial charge in [0.1, 0.15) is 11.2 Å². The van der Waals surface area contributed by atoms with Crippen LogP contribution in [0.5, 0.6) is 0 Å². The van der Waals surface area contributed by atoms with E-state index in [1.807, 2.05) is 41.5 Å². The highest BCUT2D eigenvalue weighted by atomic mass is 16.6. The molecule has 1 aliphatic heterocycles. The van der Waals surface area contributed by atoms with E-state index < -0.39 is 17.3 Å². The topological polar surface area (TPSA) is 79.9 Å². The van der Waals surface area contributed by atoms with Gasteiger partial charge >= 0.3 is 12.2 Å². The van der Waals surface area contributed by atoms with Crippen molar-refractivity contribution in [1.82, 2.24) is 15.5 Å². The minimum Gasteiger partial charge on any atom is -0.444 e. The molecule has 0 saturated carbocycles. The third-order valence-electron chi connectivity index (χ3n) is 2.80. The van der Waals surface area contributed by atoms with Gasteiger partial charge in [-0.2, -0.15) is 0 Å². The van der Waals surface area contributed by atoms with E-state index in [2.05, 4.69) is 10.6 Å². The number of ether oxygens (including phenoxy) is 2. The molecule has 0 spiro atoms. The van der Waals surface area contributed by atoms with Crippen LogP contribution in [0.4, 0.5) is 9.59 Å². The number of carbonyl (C=O) groups is 2. The molecule has 2 amide bonds. The average molecular weight is 315 g/mol. The Kier molecular flexibility index (Phi) is 6.05. The van der Waals surface area contributed by atoms with E-state index in [1.165, 1.54) is 0 Å². The maximum absolute atomic E-state index is 12.0. The number of rotatable bonds is 2. The summed E-state index contributed by atoms with van der Waals surface area (Å²) in [5.41, 5.74) is -1.03. The first-order valence-corrected chi connectivity index (χ1v) is 7.64. The minimum absolute atomic E-state index is 0.0196. The molecule has 0 aliphatic carbocycles. The molecule has 0 bridgehead atoms. The van der Waals surface area contributed by atoms with Crippen molar-refractivity contribution in [2.45, 2.75) is 58.8 Å². The number of amides is 2. The van der Waals surface area contributed by atoms with Crippen LogP contribution in [0.15, 0.2) is 0 Å². The van der Waals surface area contributed by atoms with Crippen LogP contribution in [-0.2, 0) is 9.47 Å². The van der Waals surface area contributed by atoms with Crippen molar-refractivity contribution in [2.24, 2.45) is 0 Å². The summed E-state index contributed by atoms with van der Waals surface area (Å²) in [6, 6.07) is -0.0196. The third-order valence-corrected chi connectivity index (χ3v) is 2.80. The lowest BCUT2D eigenvalue weighted by Crippen LogP contribution is -2.57. The third kappa shape index (κ3) is 7.49. The lowest BCUT2D eigenvalue weighted by molar-refractivity contribution is 0.0194. The number of hydrogen-bond donors (Lipinski definition) is 2. The number of nitrogens with one attached hydrogen (secondary N) is 2. The van der Waals surface area contributed by atoms with Crippen molar-refractivity contribution in [3.8, 4) is 0 Å². The average Bonchev–Trinajstić information content (AvgIpc) is 2.32. The van der Waals surface area contributed by atoms with Gasteiger partial charge in [-0.15, -0.1) is 0 Å². The number of alkyl carbamates (subject to hydrolysis) is 1. The van der Waals surface area contributed by atoms with Gasteiger partial charge in [-0.1, -0.05) is 0 Å². The van der Waals surface area contributed by atoms with Gasteiger partial charge in [0.25, 0.3) is 0 Å². The van der Waals surface area contributed by atoms with Gasteiger partial charge in [0.2, 0.25) is 0 Å². The highest BCUT2D eigenvalue weighted by Crippen LogP contribution is 2.11. The Labute approximate surface area is 132 Å². The number of hydrogen-bond acceptors (Lipinski definition) is 5. The maximum atomic E-state index is 12.0. The molecular weight excluding hydrogens is 286 g/mol. The Morgan fingerprint density at radius 1 is 1.14 bits per heavy atom. The molecule has 22 heavy (non-hydrogen) atoms. The summed E-state index contributed by atoms with van der Waals surface area (Å²) in [4.78, 5) is 25.3. The first-order chi connectivity index (χ1) is 9.96. The Balaban J connectivity index is 2.40. The van der Waals surface area contributed by atoms with E-state index >= 15 is 0 Å². The molecule has 1 atom stereocenters. The predicted molar refractivity (Wildman–Crippen MR) is 83.8 cm³/mol. The fourth-order valence-corrected chi connectivity index (χ4v) is 1.98. The number of nitrogens with zero attached hydrogens (tertiary/aromatic N) is 1. The highest BCUT2D eigenvalue weighted by Gasteiger charge is 2.27. The van der Waals surface area contributed by atoms with Crippen molar-refractivity contribution in [3.05, 3.63) is 0 Å². The molecule has 1 saturated heterocycles. The monoisotopic (exact) mass is 315 g/mol. The van der Waals surface area contributed by atoms with Crippen LogP contribution in [0.2, 0.25) is 0 Å². The summed E-state index contributed by atoms with van der Waals surface area (Å²) in [5.74, 6) is 0. The summed E-state index contributed by atoms with van der Waals surface area (Å²) >= 11 is 0. The van der Waals surface area contributed by atoms with Crippen LogP contribution in [0.25, 0.3) is 0 Å². The highest BCUT2D eigenvalue weighted by molar-refractivity contribution is 5.69. The number of carbonyl (C=O) groups excluding carboxylic acids is 2. The van der Waals surface area contributed by atoms with Crippen molar-refractivity contribution >= 4 is 12.2 Å². The zero-order chi connectivity index (χ0) is 17.0. The molecule has 1 heterocycles. The zero-order valence-corrected chi connectivity index (χ0v) is 14.5. The largest absolute Gasteiger partial charge is 0.444 e. The summed E-state index contributed by atoms with van der Waals surface area (Å²) < 4.78 is 10.6. The van der Waals surface area contributed by atoms with Crippen molar-refractivity contribution in [3.63, 3.8) is 0 Å². The molecule has 1 aliphatic rings. The van der Waals surface area contributed by atoms with Crippen molar-refractivity contribution in [2.75, 3.05) is 26.2 Å². The van der Waals surface area contributed by atoms with Crippen LogP contribution in [-0.4, -0.2) is 60.5 Å². The Hall–Kier alpha value is -1.50. The number of piperazine rings is 1. The van der Waals surface area contributed by atoms with E-state index in [-0.39, 0.29) is 12.1 Å². The smallest absolute Gasteiger partial charge is 0.410 e. The lowest BCUT2D eigenvalue weighted by Gasteiger charge is -2.35. The first kappa shape index (κ1) is 18.5. The summed E-state index contributed by atoms with van der Waals surface area (Å²) in [6.07, 6.45) is -0.778. The van der Waals surface area contributed by atoms with Crippen molar-refractivity contribution in [1.29, 1.82) is 0 Å². The summed E-state index contributed by atoms with van der Waals surface area (Å²) in [7, 11) is 0. The van der Waals surface area contributed by atoms with Crippen LogP contribution < -0.4 is 10.6 Å². The van der Waals surface area contributed by atoms with E-state index in [4.69, 9.17) is 9.47 Å².